The first-order valence-corrected chi connectivity index (χ1v) is 23.5. The Hall–Kier alpha value is -7.35. The Morgan fingerprint density at radius 1 is 0.405 bits per heavy atom. The lowest BCUT2D eigenvalue weighted by molar-refractivity contribution is -0.203. The van der Waals surface area contributed by atoms with Crippen LogP contribution in [-0.4, -0.2) is 80.5 Å². The molecule has 442 valence electrons. The highest BCUT2D eigenvalue weighted by Gasteiger charge is 2.38. The highest BCUT2D eigenvalue weighted by atomic mass is 19.2. The number of nitrogens with zero attached hydrogens (tertiary/aromatic N) is 3. The maximum Gasteiger partial charge on any atom is 0.338 e. The summed E-state index contributed by atoms with van der Waals surface area (Å²) >= 11 is 0. The third-order valence-corrected chi connectivity index (χ3v) is 9.59. The summed E-state index contributed by atoms with van der Waals surface area (Å²) in [6, 6.07) is 0.0408. The van der Waals surface area contributed by atoms with Crippen LogP contribution in [0, 0.1) is 80.5 Å². The van der Waals surface area contributed by atoms with E-state index in [9.17, 15) is 87.9 Å². The second kappa shape index (κ2) is 28.0. The minimum absolute atomic E-state index is 0. The molecule has 0 aromatic heterocycles. The van der Waals surface area contributed by atoms with Gasteiger partial charge < -0.3 is 24.0 Å². The molecule has 0 radical (unpaired) electrons. The number of hydrogen-bond acceptors (Lipinski definition) is 16. The van der Waals surface area contributed by atoms with Gasteiger partial charge in [0.15, 0.2) is 29.1 Å². The summed E-state index contributed by atoms with van der Waals surface area (Å²) in [5.41, 5.74) is -4.49. The molecule has 0 N–H and O–H groups in total. The zero-order valence-corrected chi connectivity index (χ0v) is 45.9. The van der Waals surface area contributed by atoms with E-state index in [1.165, 1.54) is 41.5 Å². The first kappa shape index (κ1) is 71.7. The quantitative estimate of drug-likeness (QED) is 0.0652. The normalized spacial score (nSPS) is 14.6. The van der Waals surface area contributed by atoms with Crippen LogP contribution in [-0.2, 0) is 67.3 Å². The Bertz CT molecular complexity index is 2530. The van der Waals surface area contributed by atoms with E-state index in [0.29, 0.717) is 15.2 Å². The second-order valence-electron chi connectivity index (χ2n) is 22.5. The molecule has 2 aromatic carbocycles. The third kappa shape index (κ3) is 21.4. The Labute approximate surface area is 451 Å². The molecule has 3 saturated heterocycles. The van der Waals surface area contributed by atoms with Gasteiger partial charge in [-0.2, -0.15) is 13.2 Å². The van der Waals surface area contributed by atoms with E-state index >= 15 is 0 Å². The molecule has 79 heavy (non-hydrogen) atoms. The summed E-state index contributed by atoms with van der Waals surface area (Å²) < 4.78 is 114. The number of carbonyl (C=O) groups is 11. The Kier molecular flexibility index (Phi) is 25.4. The number of esters is 2. The van der Waals surface area contributed by atoms with Gasteiger partial charge in [0.25, 0.3) is 35.4 Å². The average Bonchev–Trinajstić information content (AvgIpc) is 3.91. The van der Waals surface area contributed by atoms with Crippen molar-refractivity contribution >= 4 is 65.3 Å². The summed E-state index contributed by atoms with van der Waals surface area (Å²) in [6.07, 6.45) is 0.909. The largest absolute Gasteiger partial charge is 0.420 e. The second-order valence-corrected chi connectivity index (χ2v) is 22.5. The molecule has 27 heteroatoms. The number of amides is 6. The van der Waals surface area contributed by atoms with Crippen molar-refractivity contribution in [2.24, 2.45) is 27.1 Å². The standard InChI is InChI=1S/C12H12F4O2.C11H10F4O2.C10H15NO4.2C9H13NO4.CH4/c1-5-6(13)8(15)9(16)10(7(5)14)18-11(17)12(2,3)4;1-11(2,3)10(16)17-9-7(14)5(12)4-6(13)8(9)15;1-10(2,3)6-9(14)15-11-7(12)4-5-8(11)13;2*1-9(2,3)8(13)14-10-6(11)4-5-7(10)12;/h1-4H3;4H,1-3H3;4-6H2,1-3H3;2*4-5H2,1-3H3;1H4. The molecule has 5 rings (SSSR count). The van der Waals surface area contributed by atoms with Crippen molar-refractivity contribution in [2.75, 3.05) is 0 Å². The van der Waals surface area contributed by atoms with Gasteiger partial charge in [-0.3, -0.25) is 38.4 Å². The van der Waals surface area contributed by atoms with Crippen molar-refractivity contribution in [3.8, 4) is 11.5 Å². The minimum atomic E-state index is -1.87. The van der Waals surface area contributed by atoms with Crippen molar-refractivity contribution in [2.45, 2.75) is 163 Å². The van der Waals surface area contributed by atoms with Gasteiger partial charge in [-0.1, -0.05) is 28.2 Å². The first-order valence-electron chi connectivity index (χ1n) is 23.5. The summed E-state index contributed by atoms with van der Waals surface area (Å²) in [5.74, 6) is -22.4. The number of benzene rings is 2. The SMILES string of the molecule is C.CC(C)(C)C(=O)ON1C(=O)CCC1=O.CC(C)(C)C(=O)ON1C(=O)CCC1=O.CC(C)(C)C(=O)Oc1c(F)c(F)cc(F)c1F.CC(C)(C)CC(=O)ON1C(=O)CCC1=O.Cc1c(F)c(F)c(F)c(OC(=O)C(C)(C)C)c1F. The third-order valence-electron chi connectivity index (χ3n) is 9.59. The zero-order valence-electron chi connectivity index (χ0n) is 45.9. The van der Waals surface area contributed by atoms with Gasteiger partial charge in [-0.25, -0.2) is 36.3 Å². The lowest BCUT2D eigenvalue weighted by Crippen LogP contribution is -2.36. The molecule has 0 atom stereocenters. The summed E-state index contributed by atoms with van der Waals surface area (Å²) in [6.45, 7) is 25.1. The number of halogens is 8. The van der Waals surface area contributed by atoms with Gasteiger partial charge >= 0.3 is 29.8 Å². The Morgan fingerprint density at radius 2 is 0.671 bits per heavy atom. The van der Waals surface area contributed by atoms with Gasteiger partial charge in [0, 0.05) is 50.2 Å². The van der Waals surface area contributed by atoms with E-state index < -0.39 is 151 Å². The van der Waals surface area contributed by atoms with Gasteiger partial charge in [-0.15, -0.1) is 15.2 Å². The van der Waals surface area contributed by atoms with Crippen LogP contribution in [0.2, 0.25) is 0 Å². The monoisotopic (exact) mass is 1140 g/mol. The lowest BCUT2D eigenvalue weighted by Gasteiger charge is -2.19. The van der Waals surface area contributed by atoms with Crippen molar-refractivity contribution in [3.05, 3.63) is 58.2 Å². The Balaban J connectivity index is 0.000000963. The predicted octanol–water partition coefficient (Wildman–Crippen LogP) is 9.64. The topological polar surface area (TPSA) is 244 Å². The van der Waals surface area contributed by atoms with Crippen molar-refractivity contribution in [1.29, 1.82) is 0 Å². The molecule has 0 aliphatic carbocycles. The maximum absolute atomic E-state index is 13.5. The molecular weight excluding hydrogens is 1070 g/mol. The molecule has 2 aromatic rings. The van der Waals surface area contributed by atoms with E-state index in [-0.39, 0.29) is 63.9 Å². The molecule has 3 heterocycles. The fourth-order valence-corrected chi connectivity index (χ4v) is 4.93. The number of hydroxylamine groups is 6. The van der Waals surface area contributed by atoms with E-state index in [0.717, 1.165) is 6.92 Å². The molecule has 0 bridgehead atoms. The minimum Gasteiger partial charge on any atom is -0.420 e. The van der Waals surface area contributed by atoms with Crippen LogP contribution in [0.1, 0.15) is 162 Å². The molecule has 0 unspecified atom stereocenters. The highest BCUT2D eigenvalue weighted by Crippen LogP contribution is 2.32. The van der Waals surface area contributed by atoms with E-state index in [1.807, 2.05) is 20.8 Å². The van der Waals surface area contributed by atoms with Crippen LogP contribution in [0.5, 0.6) is 11.5 Å². The molecule has 0 saturated carbocycles. The molecular formula is C52H67F8N3O16. The highest BCUT2D eigenvalue weighted by molar-refractivity contribution is 6.03. The fourth-order valence-electron chi connectivity index (χ4n) is 4.93. The van der Waals surface area contributed by atoms with Gasteiger partial charge in [0.2, 0.25) is 29.0 Å². The number of rotatable bonds is 6. The average molecular weight is 1140 g/mol. The predicted molar refractivity (Wildman–Crippen MR) is 259 cm³/mol. The zero-order chi connectivity index (χ0) is 61.1. The summed E-state index contributed by atoms with van der Waals surface area (Å²) in [4.78, 5) is 137. The van der Waals surface area contributed by atoms with Gasteiger partial charge in [0.1, 0.15) is 0 Å². The number of carbonyl (C=O) groups excluding carboxylic acids is 11. The van der Waals surface area contributed by atoms with Crippen molar-refractivity contribution in [1.82, 2.24) is 15.2 Å². The molecule has 0 spiro atoms. The van der Waals surface area contributed by atoms with Crippen LogP contribution >= 0.6 is 0 Å². The van der Waals surface area contributed by atoms with E-state index in [2.05, 4.69) is 9.47 Å². The van der Waals surface area contributed by atoms with Gasteiger partial charge in [-0.05, 0) is 95.4 Å². The number of imide groups is 3. The van der Waals surface area contributed by atoms with E-state index in [1.54, 1.807) is 41.5 Å². The number of hydrogen-bond donors (Lipinski definition) is 0. The van der Waals surface area contributed by atoms with Gasteiger partial charge in [0.05, 0.1) is 28.1 Å². The summed E-state index contributed by atoms with van der Waals surface area (Å²) in [5, 5.41) is 1.70. The maximum atomic E-state index is 13.5. The molecule has 3 aliphatic heterocycles. The van der Waals surface area contributed by atoms with Crippen LogP contribution < -0.4 is 9.47 Å². The van der Waals surface area contributed by atoms with Crippen LogP contribution in [0.15, 0.2) is 6.07 Å². The van der Waals surface area contributed by atoms with Crippen LogP contribution in [0.3, 0.4) is 0 Å². The lowest BCUT2D eigenvalue weighted by atomic mass is 9.93. The summed E-state index contributed by atoms with van der Waals surface area (Å²) in [7, 11) is 0. The molecule has 19 nitrogen and oxygen atoms in total. The molecule has 3 fully saturated rings. The Morgan fingerprint density at radius 3 is 0.937 bits per heavy atom. The molecule has 6 amide bonds. The molecule has 3 aliphatic rings. The van der Waals surface area contributed by atoms with Crippen LogP contribution in [0.25, 0.3) is 0 Å². The first-order chi connectivity index (χ1) is 35.1. The van der Waals surface area contributed by atoms with Crippen molar-refractivity contribution in [3.63, 3.8) is 0 Å². The van der Waals surface area contributed by atoms with E-state index in [4.69, 9.17) is 14.5 Å². The smallest absolute Gasteiger partial charge is 0.338 e. The number of ether oxygens (including phenoxy) is 2. The fraction of sp³-hybridized carbons (Fsp3) is 0.558. The van der Waals surface area contributed by atoms with Crippen LogP contribution in [0.4, 0.5) is 35.1 Å². The van der Waals surface area contributed by atoms with Crippen molar-refractivity contribution < 1.29 is 112 Å².